The number of nitrogens with zero attached hydrogens (tertiary/aromatic N) is 4. The number of methoxy groups -OCH3 is 1. The number of aromatic nitrogens is 4. The minimum Gasteiger partial charge on any atom is -0.495 e. The molecule has 9 heteroatoms. The molecule has 1 amide bonds. The number of hydrogen-bond acceptors (Lipinski definition) is 6. The number of amides is 1. The Kier molecular flexibility index (Phi) is 5.52. The first kappa shape index (κ1) is 20.7. The van der Waals surface area contributed by atoms with Crippen LogP contribution in [0.1, 0.15) is 16.8 Å². The van der Waals surface area contributed by atoms with Gasteiger partial charge in [0.25, 0.3) is 0 Å². The molecular weight excluding hydrogens is 420 g/mol. The molecule has 1 aliphatic heterocycles. The number of anilines is 1. The molecule has 9 nitrogen and oxygen atoms in total. The van der Waals surface area contributed by atoms with Gasteiger partial charge in [0.2, 0.25) is 0 Å². The largest absolute Gasteiger partial charge is 0.495 e. The number of ether oxygens (including phenoxy) is 1. The third-order valence-corrected chi connectivity index (χ3v) is 5.90. The highest BCUT2D eigenvalue weighted by Crippen LogP contribution is 2.28. The molecule has 1 aromatic carbocycles. The minimum absolute atomic E-state index is 0.231. The monoisotopic (exact) mass is 444 g/mol. The predicted molar refractivity (Wildman–Crippen MR) is 124 cm³/mol. The second-order valence-corrected chi connectivity index (χ2v) is 7.92. The molecule has 168 valence electrons. The van der Waals surface area contributed by atoms with E-state index in [0.717, 1.165) is 23.3 Å². The van der Waals surface area contributed by atoms with Crippen molar-refractivity contribution in [1.82, 2.24) is 24.8 Å². The lowest BCUT2D eigenvalue weighted by atomic mass is 10.0. The number of pyridine rings is 1. The van der Waals surface area contributed by atoms with Gasteiger partial charge in [0.1, 0.15) is 11.6 Å². The molecule has 0 fully saturated rings. The number of H-pyrrole nitrogens is 1. The smallest absolute Gasteiger partial charge is 0.407 e. The van der Waals surface area contributed by atoms with E-state index in [1.807, 2.05) is 24.4 Å². The number of carbonyl (C=O) groups is 1. The number of aromatic amines is 1. The van der Waals surface area contributed by atoms with Crippen molar-refractivity contribution >= 4 is 22.8 Å². The third-order valence-electron chi connectivity index (χ3n) is 5.90. The number of nitrogens with one attached hydrogen (secondary N) is 2. The Hall–Kier alpha value is -4.14. The molecule has 3 aromatic heterocycles. The molecule has 0 radical (unpaired) electrons. The van der Waals surface area contributed by atoms with Crippen molar-refractivity contribution in [3.8, 4) is 17.1 Å². The summed E-state index contributed by atoms with van der Waals surface area (Å²) >= 11 is 0. The molecule has 3 N–H and O–H groups in total. The average Bonchev–Trinajstić information content (AvgIpc) is 3.26. The maximum absolute atomic E-state index is 11.5. The molecule has 4 aromatic rings. The maximum atomic E-state index is 11.5. The van der Waals surface area contributed by atoms with Gasteiger partial charge in [-0.25, -0.2) is 14.8 Å². The van der Waals surface area contributed by atoms with Crippen molar-refractivity contribution in [3.63, 3.8) is 0 Å². The first-order valence-corrected chi connectivity index (χ1v) is 10.8. The number of fused-ring (bicyclic) bond motifs is 2. The highest BCUT2D eigenvalue weighted by Gasteiger charge is 2.25. The van der Waals surface area contributed by atoms with Crippen molar-refractivity contribution in [2.75, 3.05) is 25.5 Å². The molecule has 5 rings (SSSR count). The molecule has 4 heterocycles. The fourth-order valence-corrected chi connectivity index (χ4v) is 4.18. The van der Waals surface area contributed by atoms with Crippen LogP contribution in [0, 0.1) is 0 Å². The van der Waals surface area contributed by atoms with Gasteiger partial charge in [0.15, 0.2) is 5.82 Å². The summed E-state index contributed by atoms with van der Waals surface area (Å²) in [4.78, 5) is 29.9. The van der Waals surface area contributed by atoms with Gasteiger partial charge in [-0.1, -0.05) is 18.2 Å². The molecule has 0 spiro atoms. The van der Waals surface area contributed by atoms with Crippen LogP contribution < -0.4 is 10.1 Å². The second-order valence-electron chi connectivity index (χ2n) is 7.92. The van der Waals surface area contributed by atoms with Gasteiger partial charge in [0.05, 0.1) is 25.5 Å². The molecule has 0 saturated heterocycles. The fourth-order valence-electron chi connectivity index (χ4n) is 4.18. The standard InChI is InChI=1S/C24H24N6O3/c1-33-17-10-16(11-25-13-17)22-28-21-14-30(24(31)32)9-7-19(21)23(29-22)26-8-6-15-12-27-20-5-3-2-4-18(15)20/h2-5,10-13,27H,6-9,14H2,1H3,(H,31,32)(H,26,28,29). The molecule has 0 aliphatic carbocycles. The first-order chi connectivity index (χ1) is 16.1. The summed E-state index contributed by atoms with van der Waals surface area (Å²) in [5.41, 5.74) is 4.74. The number of carboxylic acid groups (broad SMARTS) is 1. The van der Waals surface area contributed by atoms with Crippen molar-refractivity contribution in [2.45, 2.75) is 19.4 Å². The van der Waals surface area contributed by atoms with Crippen LogP contribution >= 0.6 is 0 Å². The minimum atomic E-state index is -0.947. The van der Waals surface area contributed by atoms with Gasteiger partial charge in [-0.05, 0) is 30.5 Å². The van der Waals surface area contributed by atoms with Crippen LogP contribution in [0.4, 0.5) is 10.6 Å². The summed E-state index contributed by atoms with van der Waals surface area (Å²) < 4.78 is 5.29. The topological polar surface area (TPSA) is 116 Å². The predicted octanol–water partition coefficient (Wildman–Crippen LogP) is 3.72. The summed E-state index contributed by atoms with van der Waals surface area (Å²) in [5, 5.41) is 14.1. The Bertz CT molecular complexity index is 1320. The van der Waals surface area contributed by atoms with Gasteiger partial charge in [-0.2, -0.15) is 0 Å². The van der Waals surface area contributed by atoms with Crippen LogP contribution in [-0.2, 0) is 19.4 Å². The maximum Gasteiger partial charge on any atom is 0.407 e. The van der Waals surface area contributed by atoms with E-state index in [0.29, 0.717) is 42.3 Å². The van der Waals surface area contributed by atoms with Crippen LogP contribution in [0.5, 0.6) is 5.75 Å². The SMILES string of the molecule is COc1cncc(-c2nc3c(c(NCCc4c[nH]c5ccccc45)n2)CCN(C(=O)O)C3)c1. The number of hydrogen-bond donors (Lipinski definition) is 3. The van der Waals surface area contributed by atoms with Gasteiger partial charge in [-0.15, -0.1) is 0 Å². The van der Waals surface area contributed by atoms with Crippen LogP contribution in [0.3, 0.4) is 0 Å². The fraction of sp³-hybridized carbons (Fsp3) is 0.250. The normalized spacial score (nSPS) is 13.1. The van der Waals surface area contributed by atoms with E-state index >= 15 is 0 Å². The zero-order valence-electron chi connectivity index (χ0n) is 18.2. The third kappa shape index (κ3) is 4.17. The molecule has 0 atom stereocenters. The molecule has 0 saturated carbocycles. The Morgan fingerprint density at radius 2 is 2.15 bits per heavy atom. The van der Waals surface area contributed by atoms with E-state index in [1.165, 1.54) is 15.8 Å². The summed E-state index contributed by atoms with van der Waals surface area (Å²) in [6.45, 7) is 1.33. The van der Waals surface area contributed by atoms with Crippen LogP contribution in [0.25, 0.3) is 22.3 Å². The van der Waals surface area contributed by atoms with Gasteiger partial charge >= 0.3 is 6.09 Å². The molecule has 33 heavy (non-hydrogen) atoms. The number of para-hydroxylation sites is 1. The van der Waals surface area contributed by atoms with Crippen LogP contribution in [-0.4, -0.2) is 56.2 Å². The van der Waals surface area contributed by atoms with E-state index in [1.54, 1.807) is 19.5 Å². The quantitative estimate of drug-likeness (QED) is 0.415. The summed E-state index contributed by atoms with van der Waals surface area (Å²) in [6, 6.07) is 10.1. The molecule has 1 aliphatic rings. The lowest BCUT2D eigenvalue weighted by molar-refractivity contribution is 0.139. The van der Waals surface area contributed by atoms with Crippen molar-refractivity contribution in [2.24, 2.45) is 0 Å². The van der Waals surface area contributed by atoms with Gasteiger partial charge < -0.3 is 25.0 Å². The van der Waals surface area contributed by atoms with Crippen LogP contribution in [0.2, 0.25) is 0 Å². The van der Waals surface area contributed by atoms with E-state index in [2.05, 4.69) is 27.4 Å². The van der Waals surface area contributed by atoms with Crippen molar-refractivity contribution < 1.29 is 14.6 Å². The molecule has 0 unspecified atom stereocenters. The zero-order valence-corrected chi connectivity index (χ0v) is 18.2. The highest BCUT2D eigenvalue weighted by atomic mass is 16.5. The first-order valence-electron chi connectivity index (χ1n) is 10.8. The number of benzene rings is 1. The second kappa shape index (κ2) is 8.78. The van der Waals surface area contributed by atoms with E-state index in [-0.39, 0.29) is 6.54 Å². The Labute approximate surface area is 190 Å². The van der Waals surface area contributed by atoms with Gasteiger partial charge in [0, 0.05) is 47.5 Å². The lowest BCUT2D eigenvalue weighted by Gasteiger charge is -2.27. The Balaban J connectivity index is 1.44. The molecular formula is C24H24N6O3. The van der Waals surface area contributed by atoms with E-state index in [4.69, 9.17) is 14.7 Å². The average molecular weight is 444 g/mol. The summed E-state index contributed by atoms with van der Waals surface area (Å²) in [7, 11) is 1.58. The van der Waals surface area contributed by atoms with Gasteiger partial charge in [-0.3, -0.25) is 4.98 Å². The van der Waals surface area contributed by atoms with E-state index < -0.39 is 6.09 Å². The van der Waals surface area contributed by atoms with Crippen molar-refractivity contribution in [3.05, 3.63) is 65.7 Å². The number of rotatable bonds is 6. The molecule has 0 bridgehead atoms. The summed E-state index contributed by atoms with van der Waals surface area (Å²) in [6.07, 6.45) is 5.78. The Morgan fingerprint density at radius 1 is 1.27 bits per heavy atom. The lowest BCUT2D eigenvalue weighted by Crippen LogP contribution is -2.36. The van der Waals surface area contributed by atoms with E-state index in [9.17, 15) is 9.90 Å². The van der Waals surface area contributed by atoms with Crippen LogP contribution in [0.15, 0.2) is 48.9 Å². The van der Waals surface area contributed by atoms with Crippen molar-refractivity contribution in [1.29, 1.82) is 0 Å². The summed E-state index contributed by atoms with van der Waals surface area (Å²) in [5.74, 6) is 1.83. The zero-order chi connectivity index (χ0) is 22.8. The highest BCUT2D eigenvalue weighted by molar-refractivity contribution is 5.83. The Morgan fingerprint density at radius 3 is 3.00 bits per heavy atom.